The minimum atomic E-state index is -0.947. The average molecular weight is 591 g/mol. The summed E-state index contributed by atoms with van der Waals surface area (Å²) in [5.74, 6) is -1.39. The number of Topliss-reactive ketones (excluding diaryl/α,β-unsaturated/α-hetero) is 1. The molecule has 1 fully saturated rings. The van der Waals surface area contributed by atoms with Crippen molar-refractivity contribution in [2.45, 2.75) is 66.3 Å². The number of rotatable bonds is 11. The molecule has 1 atom stereocenters. The van der Waals surface area contributed by atoms with E-state index in [9.17, 15) is 19.5 Å². The summed E-state index contributed by atoms with van der Waals surface area (Å²) in [6, 6.07) is 13.5. The van der Waals surface area contributed by atoms with E-state index >= 15 is 0 Å². The summed E-state index contributed by atoms with van der Waals surface area (Å²) in [6.07, 6.45) is 1.94. The van der Waals surface area contributed by atoms with Crippen LogP contribution in [-0.2, 0) is 14.3 Å². The van der Waals surface area contributed by atoms with Gasteiger partial charge in [-0.15, -0.1) is 0 Å². The van der Waals surface area contributed by atoms with E-state index in [-0.39, 0.29) is 39.8 Å². The minimum Gasteiger partial charge on any atom is -0.507 e. The summed E-state index contributed by atoms with van der Waals surface area (Å²) >= 11 is 0.996. The fraction of sp³-hybridized carbons (Fsp3) is 0.394. The summed E-state index contributed by atoms with van der Waals surface area (Å²) in [5, 5.41) is 11.7. The third kappa shape index (κ3) is 6.57. The Labute approximate surface area is 251 Å². The number of amides is 1. The molecule has 1 aliphatic rings. The van der Waals surface area contributed by atoms with Crippen molar-refractivity contribution < 1.29 is 29.0 Å². The second-order valence-corrected chi connectivity index (χ2v) is 12.1. The van der Waals surface area contributed by atoms with Crippen molar-refractivity contribution in [3.05, 3.63) is 81.4 Å². The number of benzene rings is 2. The van der Waals surface area contributed by atoms with Crippen LogP contribution >= 0.6 is 11.3 Å². The molecule has 3 aromatic rings. The number of carbonyl (C=O) groups is 3. The van der Waals surface area contributed by atoms with Gasteiger partial charge in [0.05, 0.1) is 30.5 Å². The smallest absolute Gasteiger partial charge is 0.350 e. The molecule has 0 unspecified atom stereocenters. The van der Waals surface area contributed by atoms with Gasteiger partial charge >= 0.3 is 11.9 Å². The van der Waals surface area contributed by atoms with E-state index in [1.54, 1.807) is 31.2 Å². The maximum Gasteiger partial charge on any atom is 0.350 e. The van der Waals surface area contributed by atoms with Gasteiger partial charge in [-0.25, -0.2) is 9.78 Å². The second-order valence-electron chi connectivity index (χ2n) is 11.1. The number of esters is 1. The van der Waals surface area contributed by atoms with E-state index in [1.165, 1.54) is 4.90 Å². The molecule has 2 heterocycles. The van der Waals surface area contributed by atoms with Crippen molar-refractivity contribution in [2.75, 3.05) is 18.1 Å². The summed E-state index contributed by atoms with van der Waals surface area (Å²) in [4.78, 5) is 46.0. The predicted octanol–water partition coefficient (Wildman–Crippen LogP) is 7.19. The second kappa shape index (κ2) is 13.3. The third-order valence-corrected chi connectivity index (χ3v) is 8.12. The molecular weight excluding hydrogens is 552 g/mol. The highest BCUT2D eigenvalue weighted by Gasteiger charge is 2.48. The topological polar surface area (TPSA) is 106 Å². The van der Waals surface area contributed by atoms with E-state index in [0.29, 0.717) is 29.2 Å². The van der Waals surface area contributed by atoms with Crippen molar-refractivity contribution in [3.8, 4) is 5.75 Å². The normalized spacial score (nSPS) is 16.5. The van der Waals surface area contributed by atoms with E-state index in [2.05, 4.69) is 25.8 Å². The molecule has 1 aliphatic heterocycles. The zero-order chi connectivity index (χ0) is 30.6. The molecule has 0 bridgehead atoms. The van der Waals surface area contributed by atoms with E-state index in [1.807, 2.05) is 38.1 Å². The van der Waals surface area contributed by atoms with Gasteiger partial charge in [-0.2, -0.15) is 0 Å². The fourth-order valence-electron chi connectivity index (χ4n) is 4.59. The number of aliphatic hydroxyl groups excluding tert-OH is 1. The van der Waals surface area contributed by atoms with Gasteiger partial charge in [0.25, 0.3) is 5.78 Å². The Kier molecular flexibility index (Phi) is 9.83. The van der Waals surface area contributed by atoms with Crippen LogP contribution in [0.4, 0.5) is 5.13 Å². The van der Waals surface area contributed by atoms with Crippen molar-refractivity contribution in [2.24, 2.45) is 5.92 Å². The molecule has 222 valence electrons. The summed E-state index contributed by atoms with van der Waals surface area (Å²) < 4.78 is 11.1. The molecule has 9 heteroatoms. The highest BCUT2D eigenvalue weighted by atomic mass is 32.1. The Morgan fingerprint density at radius 2 is 1.71 bits per heavy atom. The standard InChI is InChI=1S/C33H38N2O6S/c1-7-8-17-40-25-15-13-24(14-16-25)28(36)26-27(23-11-9-22(10-12-23)20(4)5)35(31(38)29(26)37)33-34-21(6)30(42-33)32(39)41-18-19(2)3/h9-16,19-20,27,36H,7-8,17-18H2,1-6H3/t27-/m0/s1. The van der Waals surface area contributed by atoms with Crippen molar-refractivity contribution in [3.63, 3.8) is 0 Å². The Hall–Kier alpha value is -3.98. The van der Waals surface area contributed by atoms with Crippen LogP contribution in [0.1, 0.15) is 91.5 Å². The van der Waals surface area contributed by atoms with Crippen LogP contribution in [0.15, 0.2) is 54.1 Å². The van der Waals surface area contributed by atoms with Gasteiger partial charge < -0.3 is 14.6 Å². The molecule has 1 saturated heterocycles. The van der Waals surface area contributed by atoms with Crippen LogP contribution in [0, 0.1) is 12.8 Å². The minimum absolute atomic E-state index is 0.0475. The lowest BCUT2D eigenvalue weighted by Crippen LogP contribution is -2.29. The molecule has 2 aromatic carbocycles. The number of aliphatic hydroxyl groups is 1. The van der Waals surface area contributed by atoms with Gasteiger partial charge in [0.1, 0.15) is 16.4 Å². The van der Waals surface area contributed by atoms with Crippen molar-refractivity contribution in [1.82, 2.24) is 4.98 Å². The number of hydrogen-bond acceptors (Lipinski definition) is 8. The molecule has 1 amide bonds. The van der Waals surface area contributed by atoms with Crippen LogP contribution in [-0.4, -0.2) is 41.0 Å². The van der Waals surface area contributed by atoms with E-state index in [4.69, 9.17) is 9.47 Å². The largest absolute Gasteiger partial charge is 0.507 e. The number of anilines is 1. The summed E-state index contributed by atoms with van der Waals surface area (Å²) in [6.45, 7) is 12.6. The molecule has 1 aromatic heterocycles. The van der Waals surface area contributed by atoms with Crippen molar-refractivity contribution in [1.29, 1.82) is 0 Å². The number of unbranched alkanes of at least 4 members (excludes halogenated alkanes) is 1. The first kappa shape index (κ1) is 31.0. The van der Waals surface area contributed by atoms with Crippen molar-refractivity contribution >= 4 is 39.9 Å². The highest BCUT2D eigenvalue weighted by Crippen LogP contribution is 2.44. The van der Waals surface area contributed by atoms with Crippen LogP contribution in [0.2, 0.25) is 0 Å². The zero-order valence-corrected chi connectivity index (χ0v) is 25.8. The van der Waals surface area contributed by atoms with Gasteiger partial charge in [0, 0.05) is 5.56 Å². The fourth-order valence-corrected chi connectivity index (χ4v) is 5.58. The van der Waals surface area contributed by atoms with Crippen LogP contribution in [0.25, 0.3) is 5.76 Å². The lowest BCUT2D eigenvalue weighted by molar-refractivity contribution is -0.132. The zero-order valence-electron chi connectivity index (χ0n) is 25.0. The first-order valence-electron chi connectivity index (χ1n) is 14.3. The van der Waals surface area contributed by atoms with Gasteiger partial charge in [-0.05, 0) is 60.6 Å². The van der Waals surface area contributed by atoms with Crippen LogP contribution in [0.3, 0.4) is 0 Å². The van der Waals surface area contributed by atoms with Gasteiger partial charge in [-0.1, -0.05) is 76.6 Å². The van der Waals surface area contributed by atoms with Crippen LogP contribution in [0.5, 0.6) is 5.75 Å². The monoisotopic (exact) mass is 590 g/mol. The maximum absolute atomic E-state index is 13.6. The first-order chi connectivity index (χ1) is 20.0. The number of thiazole rings is 1. The number of ketones is 1. The van der Waals surface area contributed by atoms with E-state index < -0.39 is 23.7 Å². The average Bonchev–Trinajstić information content (AvgIpc) is 3.48. The number of carbonyl (C=O) groups excluding carboxylic acids is 3. The third-order valence-electron chi connectivity index (χ3n) is 6.98. The molecule has 8 nitrogen and oxygen atoms in total. The van der Waals surface area contributed by atoms with Crippen LogP contribution < -0.4 is 9.64 Å². The van der Waals surface area contributed by atoms with E-state index in [0.717, 1.165) is 29.7 Å². The summed E-state index contributed by atoms with van der Waals surface area (Å²) in [7, 11) is 0. The number of ether oxygens (including phenoxy) is 2. The molecule has 42 heavy (non-hydrogen) atoms. The molecule has 1 N–H and O–H groups in total. The molecule has 0 spiro atoms. The SMILES string of the molecule is CCCCOc1ccc(C(O)=C2C(=O)C(=O)N(c3nc(C)c(C(=O)OCC(C)C)s3)[C@H]2c2ccc(C(C)C)cc2)cc1. The van der Waals surface area contributed by atoms with Gasteiger partial charge in [0.15, 0.2) is 5.13 Å². The highest BCUT2D eigenvalue weighted by molar-refractivity contribution is 7.17. The lowest BCUT2D eigenvalue weighted by atomic mass is 9.93. The Balaban J connectivity index is 1.79. The lowest BCUT2D eigenvalue weighted by Gasteiger charge is -2.23. The number of aryl methyl sites for hydroxylation is 1. The number of nitrogens with zero attached hydrogens (tertiary/aromatic N) is 2. The summed E-state index contributed by atoms with van der Waals surface area (Å²) in [5.41, 5.74) is 2.46. The number of hydrogen-bond donors (Lipinski definition) is 1. The maximum atomic E-state index is 13.6. The molecular formula is C33H38N2O6S. The van der Waals surface area contributed by atoms with Gasteiger partial charge in [-0.3, -0.25) is 14.5 Å². The number of aromatic nitrogens is 1. The Morgan fingerprint density at radius 3 is 2.31 bits per heavy atom. The quantitative estimate of drug-likeness (QED) is 0.0828. The molecule has 0 aliphatic carbocycles. The molecule has 0 saturated carbocycles. The molecule has 4 rings (SSSR count). The molecule has 0 radical (unpaired) electrons. The Bertz CT molecular complexity index is 1470. The first-order valence-corrected chi connectivity index (χ1v) is 15.1. The van der Waals surface area contributed by atoms with Gasteiger partial charge in [0.2, 0.25) is 0 Å². The Morgan fingerprint density at radius 1 is 1.05 bits per heavy atom. The predicted molar refractivity (Wildman–Crippen MR) is 164 cm³/mol.